The van der Waals surface area contributed by atoms with E-state index >= 15 is 0 Å². The average molecular weight is 401 g/mol. The highest BCUT2D eigenvalue weighted by Gasteiger charge is 2.16. The number of amides is 1. The minimum atomic E-state index is -0.0344. The van der Waals surface area contributed by atoms with Gasteiger partial charge in [-0.2, -0.15) is 9.78 Å². The molecule has 28 heavy (non-hydrogen) atoms. The molecule has 3 rings (SSSR count). The number of methoxy groups -OCH3 is 2. The van der Waals surface area contributed by atoms with Gasteiger partial charge in [0.1, 0.15) is 5.82 Å². The fraction of sp³-hybridized carbons (Fsp3) is 0.350. The van der Waals surface area contributed by atoms with Gasteiger partial charge in [-0.15, -0.1) is 11.3 Å². The van der Waals surface area contributed by atoms with E-state index in [1.54, 1.807) is 18.9 Å². The van der Waals surface area contributed by atoms with Crippen LogP contribution in [0.4, 0.5) is 5.82 Å². The van der Waals surface area contributed by atoms with Gasteiger partial charge in [-0.25, -0.2) is 4.98 Å². The molecular formula is C20H24N4O3S. The molecule has 0 saturated heterocycles. The van der Waals surface area contributed by atoms with Gasteiger partial charge in [-0.05, 0) is 31.0 Å². The van der Waals surface area contributed by atoms with Gasteiger partial charge in [-0.1, -0.05) is 13.8 Å². The van der Waals surface area contributed by atoms with Crippen molar-refractivity contribution in [2.45, 2.75) is 27.2 Å². The van der Waals surface area contributed by atoms with E-state index in [0.717, 1.165) is 17.0 Å². The number of rotatable bonds is 7. The number of carbonyl (C=O) groups excluding carboxylic acids is 1. The van der Waals surface area contributed by atoms with Crippen LogP contribution in [0.3, 0.4) is 0 Å². The van der Waals surface area contributed by atoms with Crippen LogP contribution >= 0.6 is 11.3 Å². The highest BCUT2D eigenvalue weighted by Crippen LogP contribution is 2.33. The van der Waals surface area contributed by atoms with Crippen LogP contribution in [0.1, 0.15) is 26.0 Å². The van der Waals surface area contributed by atoms with Crippen LogP contribution in [-0.4, -0.2) is 34.9 Å². The van der Waals surface area contributed by atoms with Crippen LogP contribution in [0.5, 0.6) is 11.5 Å². The molecule has 0 spiro atoms. The molecule has 7 nitrogen and oxygen atoms in total. The maximum Gasteiger partial charge on any atom is 0.225 e. The minimum Gasteiger partial charge on any atom is -0.493 e. The number of carbonyl (C=O) groups is 1. The quantitative estimate of drug-likeness (QED) is 0.639. The van der Waals surface area contributed by atoms with Gasteiger partial charge in [0.2, 0.25) is 11.0 Å². The first-order chi connectivity index (χ1) is 13.4. The van der Waals surface area contributed by atoms with Gasteiger partial charge < -0.3 is 14.8 Å². The Kier molecular flexibility index (Phi) is 5.99. The number of thiazole rings is 1. The molecule has 0 saturated carbocycles. The first-order valence-electron chi connectivity index (χ1n) is 8.96. The summed E-state index contributed by atoms with van der Waals surface area (Å²) in [5.41, 5.74) is 2.52. The Bertz CT molecular complexity index is 978. The Morgan fingerprint density at radius 1 is 1.21 bits per heavy atom. The Morgan fingerprint density at radius 2 is 1.96 bits per heavy atom. The van der Waals surface area contributed by atoms with Crippen molar-refractivity contribution in [2.24, 2.45) is 5.92 Å². The number of nitrogens with zero attached hydrogens (tertiary/aromatic N) is 3. The summed E-state index contributed by atoms with van der Waals surface area (Å²) in [5, 5.41) is 10.1. The highest BCUT2D eigenvalue weighted by atomic mass is 32.1. The average Bonchev–Trinajstić information content (AvgIpc) is 3.27. The molecule has 0 aliphatic rings. The number of nitrogens with one attached hydrogen (secondary N) is 1. The lowest BCUT2D eigenvalue weighted by Crippen LogP contribution is -2.16. The second-order valence-corrected chi connectivity index (χ2v) is 7.65. The van der Waals surface area contributed by atoms with E-state index in [1.165, 1.54) is 11.3 Å². The van der Waals surface area contributed by atoms with Crippen molar-refractivity contribution in [3.8, 4) is 27.9 Å². The summed E-state index contributed by atoms with van der Waals surface area (Å²) in [4.78, 5) is 16.9. The van der Waals surface area contributed by atoms with E-state index in [0.29, 0.717) is 28.9 Å². The normalized spacial score (nSPS) is 10.9. The number of anilines is 1. The summed E-state index contributed by atoms with van der Waals surface area (Å²) >= 11 is 1.46. The molecule has 148 valence electrons. The van der Waals surface area contributed by atoms with Crippen molar-refractivity contribution in [1.82, 2.24) is 14.8 Å². The molecule has 1 N–H and O–H groups in total. The van der Waals surface area contributed by atoms with E-state index in [1.807, 2.05) is 50.4 Å². The number of aryl methyl sites for hydroxylation is 1. The molecule has 0 aliphatic heterocycles. The van der Waals surface area contributed by atoms with Gasteiger partial charge in [0.05, 0.1) is 25.6 Å². The molecule has 2 heterocycles. The molecule has 0 fully saturated rings. The van der Waals surface area contributed by atoms with Gasteiger partial charge in [0.25, 0.3) is 0 Å². The number of aromatic nitrogens is 3. The maximum absolute atomic E-state index is 12.2. The van der Waals surface area contributed by atoms with E-state index in [4.69, 9.17) is 14.5 Å². The van der Waals surface area contributed by atoms with Crippen molar-refractivity contribution in [2.75, 3.05) is 19.5 Å². The fourth-order valence-corrected chi connectivity index (χ4v) is 3.58. The van der Waals surface area contributed by atoms with Crippen LogP contribution in [0.15, 0.2) is 29.6 Å². The van der Waals surface area contributed by atoms with E-state index in [-0.39, 0.29) is 11.8 Å². The summed E-state index contributed by atoms with van der Waals surface area (Å²) < 4.78 is 12.3. The Hall–Kier alpha value is -2.87. The molecular weight excluding hydrogens is 376 g/mol. The maximum atomic E-state index is 12.2. The summed E-state index contributed by atoms with van der Waals surface area (Å²) in [6, 6.07) is 7.51. The molecule has 0 bridgehead atoms. The largest absolute Gasteiger partial charge is 0.493 e. The van der Waals surface area contributed by atoms with Crippen LogP contribution in [0.2, 0.25) is 0 Å². The van der Waals surface area contributed by atoms with Crippen molar-refractivity contribution >= 4 is 23.1 Å². The third kappa shape index (κ3) is 4.33. The Labute approximate surface area is 168 Å². The topological polar surface area (TPSA) is 78.3 Å². The van der Waals surface area contributed by atoms with Gasteiger partial charge in [0.15, 0.2) is 11.5 Å². The zero-order valence-corrected chi connectivity index (χ0v) is 17.5. The number of hydrogen-bond acceptors (Lipinski definition) is 6. The SMILES string of the molecule is COc1ccc(-c2csc(-n3nc(C)cc3NC(=O)CC(C)C)n2)cc1OC. The number of ether oxygens (including phenoxy) is 2. The summed E-state index contributed by atoms with van der Waals surface area (Å²) in [6.07, 6.45) is 0.457. The van der Waals surface area contributed by atoms with Gasteiger partial charge in [-0.3, -0.25) is 4.79 Å². The summed E-state index contributed by atoms with van der Waals surface area (Å²) in [7, 11) is 3.21. The lowest BCUT2D eigenvalue weighted by Gasteiger charge is -2.09. The predicted octanol–water partition coefficient (Wildman–Crippen LogP) is 4.31. The molecule has 0 atom stereocenters. The molecule has 0 aliphatic carbocycles. The van der Waals surface area contributed by atoms with Crippen molar-refractivity contribution in [3.05, 3.63) is 35.3 Å². The Balaban J connectivity index is 1.89. The lowest BCUT2D eigenvalue weighted by atomic mass is 10.1. The zero-order chi connectivity index (χ0) is 20.3. The van der Waals surface area contributed by atoms with Crippen LogP contribution in [0.25, 0.3) is 16.4 Å². The first kappa shape index (κ1) is 19.9. The molecule has 2 aromatic heterocycles. The van der Waals surface area contributed by atoms with E-state index < -0.39 is 0 Å². The first-order valence-corrected chi connectivity index (χ1v) is 9.84. The second-order valence-electron chi connectivity index (χ2n) is 6.81. The van der Waals surface area contributed by atoms with Gasteiger partial charge >= 0.3 is 0 Å². The number of benzene rings is 1. The van der Waals surface area contributed by atoms with Crippen LogP contribution in [0, 0.1) is 12.8 Å². The standard InChI is InChI=1S/C20H24N4O3S/c1-12(2)8-19(25)22-18-9-13(3)23-24(18)20-21-15(11-28-20)14-6-7-16(26-4)17(10-14)27-5/h6-7,9-12H,8H2,1-5H3,(H,22,25). The highest BCUT2D eigenvalue weighted by molar-refractivity contribution is 7.12. The van der Waals surface area contributed by atoms with E-state index in [2.05, 4.69) is 10.4 Å². The van der Waals surface area contributed by atoms with Crippen molar-refractivity contribution in [3.63, 3.8) is 0 Å². The summed E-state index contributed by atoms with van der Waals surface area (Å²) in [5.74, 6) is 2.18. The zero-order valence-electron chi connectivity index (χ0n) is 16.6. The molecule has 1 aromatic carbocycles. The van der Waals surface area contributed by atoms with Crippen molar-refractivity contribution < 1.29 is 14.3 Å². The molecule has 3 aromatic rings. The molecule has 8 heteroatoms. The van der Waals surface area contributed by atoms with Gasteiger partial charge in [0, 0.05) is 23.4 Å². The molecule has 0 unspecified atom stereocenters. The smallest absolute Gasteiger partial charge is 0.225 e. The lowest BCUT2D eigenvalue weighted by molar-refractivity contribution is -0.116. The Morgan fingerprint density at radius 3 is 2.64 bits per heavy atom. The molecule has 1 amide bonds. The third-order valence-electron chi connectivity index (χ3n) is 4.05. The predicted molar refractivity (Wildman–Crippen MR) is 111 cm³/mol. The second kappa shape index (κ2) is 8.43. The fourth-order valence-electron chi connectivity index (χ4n) is 2.79. The minimum absolute atomic E-state index is 0.0344. The van der Waals surface area contributed by atoms with Crippen LogP contribution in [-0.2, 0) is 4.79 Å². The molecule has 0 radical (unpaired) electrons. The monoisotopic (exact) mass is 400 g/mol. The summed E-state index contributed by atoms with van der Waals surface area (Å²) in [6.45, 7) is 5.91. The van der Waals surface area contributed by atoms with E-state index in [9.17, 15) is 4.79 Å². The number of hydrogen-bond donors (Lipinski definition) is 1. The third-order valence-corrected chi connectivity index (χ3v) is 4.86. The van der Waals surface area contributed by atoms with Crippen molar-refractivity contribution in [1.29, 1.82) is 0 Å². The van der Waals surface area contributed by atoms with Crippen LogP contribution < -0.4 is 14.8 Å².